The van der Waals surface area contributed by atoms with Gasteiger partial charge in [-0.1, -0.05) is 24.3 Å². The molecule has 3 heterocycles. The summed E-state index contributed by atoms with van der Waals surface area (Å²) >= 11 is 6.66. The fourth-order valence-corrected chi connectivity index (χ4v) is 3.56. The zero-order valence-corrected chi connectivity index (χ0v) is 17.9. The predicted octanol–water partition coefficient (Wildman–Crippen LogP) is 6.02. The number of hydrogen-bond donors (Lipinski definition) is 1. The maximum absolute atomic E-state index is 4.23. The van der Waals surface area contributed by atoms with E-state index in [-0.39, 0.29) is 0 Å². The first-order chi connectivity index (χ1) is 12.7. The lowest BCUT2D eigenvalue weighted by Crippen LogP contribution is -2.21. The van der Waals surface area contributed by atoms with Gasteiger partial charge in [-0.15, -0.1) is 0 Å². The summed E-state index contributed by atoms with van der Waals surface area (Å²) in [5, 5.41) is 3.34. The summed E-state index contributed by atoms with van der Waals surface area (Å²) in [4.78, 5) is 8.43. The van der Waals surface area contributed by atoms with Gasteiger partial charge in [0.15, 0.2) is 0 Å². The van der Waals surface area contributed by atoms with Crippen LogP contribution in [0.3, 0.4) is 0 Å². The zero-order valence-electron chi connectivity index (χ0n) is 14.7. The molecule has 0 saturated heterocycles. The molecule has 0 radical (unpaired) electrons. The quantitative estimate of drug-likeness (QED) is 0.538. The summed E-state index contributed by atoms with van der Waals surface area (Å²) < 4.78 is 1.80. The lowest BCUT2D eigenvalue weighted by molar-refractivity contribution is 0.739. The minimum absolute atomic E-state index is 0.889. The first-order valence-corrected chi connectivity index (χ1v) is 10.6. The van der Waals surface area contributed by atoms with Crippen LogP contribution in [0.2, 0.25) is 0 Å². The normalized spacial score (nSPS) is 16.8. The molecular formula is C21H23Br2N3. The van der Waals surface area contributed by atoms with E-state index in [4.69, 9.17) is 0 Å². The van der Waals surface area contributed by atoms with E-state index in [2.05, 4.69) is 71.4 Å². The Morgan fingerprint density at radius 2 is 1.42 bits per heavy atom. The first kappa shape index (κ1) is 19.5. The third kappa shape index (κ3) is 5.86. The molecular weight excluding hydrogens is 454 g/mol. The highest BCUT2D eigenvalue weighted by molar-refractivity contribution is 9.10. The molecule has 3 nitrogen and oxygen atoms in total. The molecule has 1 aliphatic carbocycles. The van der Waals surface area contributed by atoms with Crippen LogP contribution in [0.1, 0.15) is 43.2 Å². The van der Waals surface area contributed by atoms with Gasteiger partial charge in [0.05, 0.1) is 0 Å². The van der Waals surface area contributed by atoms with Crippen LogP contribution >= 0.6 is 31.9 Å². The Kier molecular flexibility index (Phi) is 7.59. The number of pyridine rings is 2. The largest absolute Gasteiger partial charge is 0.312 e. The van der Waals surface area contributed by atoms with Gasteiger partial charge in [0, 0.05) is 18.9 Å². The third-order valence-electron chi connectivity index (χ3n) is 4.51. The highest BCUT2D eigenvalue weighted by Gasteiger charge is 2.06. The van der Waals surface area contributed by atoms with Crippen LogP contribution in [-0.2, 0) is 0 Å². The van der Waals surface area contributed by atoms with Crippen molar-refractivity contribution in [3.05, 3.63) is 69.1 Å². The van der Waals surface area contributed by atoms with Crippen molar-refractivity contribution in [3.8, 4) is 0 Å². The number of rotatable bonds is 2. The van der Waals surface area contributed by atoms with Gasteiger partial charge in [-0.25, -0.2) is 9.97 Å². The first-order valence-electron chi connectivity index (χ1n) is 9.05. The van der Waals surface area contributed by atoms with Gasteiger partial charge in [0.25, 0.3) is 0 Å². The number of allylic oxidation sites excluding steroid dienone is 2. The lowest BCUT2D eigenvalue weighted by atomic mass is 9.95. The number of nitrogens with one attached hydrogen (secondary N) is 1. The predicted molar refractivity (Wildman–Crippen MR) is 116 cm³/mol. The molecule has 0 unspecified atom stereocenters. The molecule has 4 rings (SSSR count). The van der Waals surface area contributed by atoms with Crippen molar-refractivity contribution in [1.82, 2.24) is 15.3 Å². The van der Waals surface area contributed by atoms with E-state index >= 15 is 0 Å². The monoisotopic (exact) mass is 475 g/mol. The van der Waals surface area contributed by atoms with Crippen molar-refractivity contribution in [2.45, 2.75) is 32.1 Å². The molecule has 2 aromatic rings. The van der Waals surface area contributed by atoms with Crippen molar-refractivity contribution in [1.29, 1.82) is 0 Å². The van der Waals surface area contributed by atoms with E-state index in [0.29, 0.717) is 0 Å². The smallest absolute Gasteiger partial charge is 0.106 e. The van der Waals surface area contributed by atoms with Gasteiger partial charge in [0.1, 0.15) is 9.21 Å². The standard InChI is InChI=1S/C11H12BrN.C10H11BrN2/c12-11-7-6-10(8-13-11)9-4-2-1-3-5-9;11-10-4-3-9(7-13-10)8-2-1-5-12-6-8/h4,6-8H,1-3,5H2;2-4,7,12H,1,5-6H2. The average Bonchev–Trinajstić information content (AvgIpc) is 2.71. The van der Waals surface area contributed by atoms with Gasteiger partial charge < -0.3 is 5.32 Å². The summed E-state index contributed by atoms with van der Waals surface area (Å²) in [5.74, 6) is 0. The fraction of sp³-hybridized carbons (Fsp3) is 0.333. The molecule has 0 bridgehead atoms. The minimum Gasteiger partial charge on any atom is -0.312 e. The zero-order chi connectivity index (χ0) is 18.2. The number of halogens is 2. The van der Waals surface area contributed by atoms with E-state index in [0.717, 1.165) is 28.7 Å². The second kappa shape index (κ2) is 10.1. The molecule has 0 atom stereocenters. The van der Waals surface area contributed by atoms with Crippen molar-refractivity contribution < 1.29 is 0 Å². The molecule has 0 fully saturated rings. The van der Waals surface area contributed by atoms with Crippen LogP contribution in [0.15, 0.2) is 58.0 Å². The van der Waals surface area contributed by atoms with Crippen LogP contribution in [-0.4, -0.2) is 23.1 Å². The molecule has 5 heteroatoms. The molecule has 136 valence electrons. The van der Waals surface area contributed by atoms with Crippen LogP contribution in [0.25, 0.3) is 11.1 Å². The molecule has 0 amide bonds. The Balaban J connectivity index is 0.000000151. The van der Waals surface area contributed by atoms with Crippen molar-refractivity contribution in [2.75, 3.05) is 13.1 Å². The Bertz CT molecular complexity index is 697. The van der Waals surface area contributed by atoms with Gasteiger partial charge in [-0.3, -0.25) is 0 Å². The summed E-state index contributed by atoms with van der Waals surface area (Å²) in [7, 11) is 0. The maximum atomic E-state index is 4.23. The van der Waals surface area contributed by atoms with Gasteiger partial charge in [-0.2, -0.15) is 0 Å². The van der Waals surface area contributed by atoms with Crippen molar-refractivity contribution in [3.63, 3.8) is 0 Å². The summed E-state index contributed by atoms with van der Waals surface area (Å²) in [5.41, 5.74) is 5.32. The molecule has 1 N–H and O–H groups in total. The number of aromatic nitrogens is 2. The number of hydrogen-bond acceptors (Lipinski definition) is 3. The SMILES string of the molecule is Brc1ccc(C2=CCCCC2)cn1.Brc1ccc(C2=CCCNC2)cn1. The number of nitrogens with zero attached hydrogens (tertiary/aromatic N) is 2. The highest BCUT2D eigenvalue weighted by Crippen LogP contribution is 2.26. The Labute approximate surface area is 172 Å². The summed E-state index contributed by atoms with van der Waals surface area (Å²) in [6.45, 7) is 2.05. The fourth-order valence-electron chi connectivity index (χ4n) is 3.10. The molecule has 0 spiro atoms. The molecule has 2 aromatic heterocycles. The van der Waals surface area contributed by atoms with Crippen LogP contribution in [0.4, 0.5) is 0 Å². The minimum atomic E-state index is 0.889. The molecule has 0 saturated carbocycles. The third-order valence-corrected chi connectivity index (χ3v) is 5.45. The van der Waals surface area contributed by atoms with E-state index in [1.165, 1.54) is 48.0 Å². The molecule has 0 aromatic carbocycles. The summed E-state index contributed by atoms with van der Waals surface area (Å²) in [6, 6.07) is 8.21. The van der Waals surface area contributed by atoms with Crippen LogP contribution < -0.4 is 5.32 Å². The maximum Gasteiger partial charge on any atom is 0.106 e. The second-order valence-electron chi connectivity index (χ2n) is 6.41. The van der Waals surface area contributed by atoms with E-state index < -0.39 is 0 Å². The lowest BCUT2D eigenvalue weighted by Gasteiger charge is -2.13. The Morgan fingerprint density at radius 3 is 1.92 bits per heavy atom. The molecule has 1 aliphatic heterocycles. The Hall–Kier alpha value is -1.30. The van der Waals surface area contributed by atoms with Crippen molar-refractivity contribution >= 4 is 43.0 Å². The highest BCUT2D eigenvalue weighted by atomic mass is 79.9. The van der Waals surface area contributed by atoms with Gasteiger partial charge in [0.2, 0.25) is 0 Å². The van der Waals surface area contributed by atoms with Crippen molar-refractivity contribution in [2.24, 2.45) is 0 Å². The molecule has 26 heavy (non-hydrogen) atoms. The van der Waals surface area contributed by atoms with Gasteiger partial charge in [-0.05, 0) is 105 Å². The average molecular weight is 477 g/mol. The van der Waals surface area contributed by atoms with Crippen LogP contribution in [0, 0.1) is 0 Å². The molecule has 2 aliphatic rings. The second-order valence-corrected chi connectivity index (χ2v) is 8.03. The van der Waals surface area contributed by atoms with Crippen LogP contribution in [0.5, 0.6) is 0 Å². The van der Waals surface area contributed by atoms with Gasteiger partial charge >= 0.3 is 0 Å². The Morgan fingerprint density at radius 1 is 0.769 bits per heavy atom. The van der Waals surface area contributed by atoms with E-state index in [1.807, 2.05) is 24.5 Å². The topological polar surface area (TPSA) is 37.8 Å². The van der Waals surface area contributed by atoms with E-state index in [9.17, 15) is 0 Å². The van der Waals surface area contributed by atoms with E-state index in [1.54, 1.807) is 0 Å². The summed E-state index contributed by atoms with van der Waals surface area (Å²) in [6.07, 6.45) is 14.7.